The lowest BCUT2D eigenvalue weighted by atomic mass is 9.91. The number of carbonyl (C=O) groups is 6. The number of benzene rings is 3. The van der Waals surface area contributed by atoms with E-state index in [0.717, 1.165) is 73.0 Å². The van der Waals surface area contributed by atoms with Gasteiger partial charge in [-0.3, -0.25) is 14.4 Å². The zero-order valence-corrected chi connectivity index (χ0v) is 66.4. The maximum Gasteiger partial charge on any atom is 0.330 e. The van der Waals surface area contributed by atoms with Crippen molar-refractivity contribution in [3.63, 3.8) is 0 Å². The molecule has 0 aliphatic rings. The summed E-state index contributed by atoms with van der Waals surface area (Å²) in [5, 5.41) is 0. The van der Waals surface area contributed by atoms with E-state index < -0.39 is 34.2 Å². The van der Waals surface area contributed by atoms with E-state index >= 15 is 0 Å². The summed E-state index contributed by atoms with van der Waals surface area (Å²) in [5.41, 5.74) is 1.10. The summed E-state index contributed by atoms with van der Waals surface area (Å²) in [5.74, 6) is 0.279. The number of hydrogen-bond donors (Lipinski definition) is 0. The first-order chi connectivity index (χ1) is 49.7. The van der Waals surface area contributed by atoms with Crippen molar-refractivity contribution in [3.8, 4) is 17.2 Å². The fourth-order valence-electron chi connectivity index (χ4n) is 10.0. The van der Waals surface area contributed by atoms with Crippen molar-refractivity contribution in [2.24, 2.45) is 16.2 Å². The second-order valence-corrected chi connectivity index (χ2v) is 28.8. The van der Waals surface area contributed by atoms with Crippen LogP contribution in [0.1, 0.15) is 318 Å². The highest BCUT2D eigenvalue weighted by Crippen LogP contribution is 2.25. The Morgan fingerprint density at radius 1 is 0.252 bits per heavy atom. The van der Waals surface area contributed by atoms with Crippen LogP contribution in [0.5, 0.6) is 17.2 Å². The van der Waals surface area contributed by atoms with Gasteiger partial charge in [-0.05, 0) is 151 Å². The highest BCUT2D eigenvalue weighted by atomic mass is 16.6. The molecule has 3 aromatic carbocycles. The van der Waals surface area contributed by atoms with Crippen LogP contribution in [-0.2, 0) is 57.2 Å². The lowest BCUT2D eigenvalue weighted by Crippen LogP contribution is -2.27. The molecule has 0 unspecified atom stereocenters. The first kappa shape index (κ1) is 94.1. The van der Waals surface area contributed by atoms with Gasteiger partial charge in [-0.25, -0.2) is 14.4 Å². The van der Waals surface area contributed by atoms with E-state index in [1.807, 2.05) is 135 Å². The van der Waals surface area contributed by atoms with Crippen LogP contribution in [0.3, 0.4) is 0 Å². The molecule has 0 saturated heterocycles. The Balaban J connectivity index is 0.000000781. The zero-order valence-electron chi connectivity index (χ0n) is 66.4. The molecule has 0 aromatic heterocycles. The SMILES string of the molecule is CCCCCCCCCCCCCCCCCCOc1ccc(/C=C/C(=O)OCCOC(=O)C(C)(C)CC)cc1.CCCCCCCCCCOc1ccc(/C=C/C(=O)OCCOC(=O)C(C)(C)CC)cc1.CCCCCCCCCOc1ccc(/C=C/C(=O)OCCOC(=O)C(C)(C)CC)cc1. The molecule has 0 N–H and O–H groups in total. The molecule has 15 heteroatoms. The summed E-state index contributed by atoms with van der Waals surface area (Å²) in [6.07, 6.45) is 52.2. The van der Waals surface area contributed by atoms with Gasteiger partial charge in [0.2, 0.25) is 0 Å². The molecule has 103 heavy (non-hydrogen) atoms. The quantitative estimate of drug-likeness (QED) is 0.0225. The van der Waals surface area contributed by atoms with Crippen molar-refractivity contribution in [1.82, 2.24) is 0 Å². The number of ether oxygens (including phenoxy) is 9. The van der Waals surface area contributed by atoms with Crippen LogP contribution < -0.4 is 14.2 Å². The Hall–Kier alpha value is -6.90. The minimum absolute atomic E-state index is 0.0418. The maximum absolute atomic E-state index is 11.9. The molecule has 0 atom stereocenters. The molecular weight excluding hydrogens is 1300 g/mol. The highest BCUT2D eigenvalue weighted by molar-refractivity contribution is 5.88. The van der Waals surface area contributed by atoms with Crippen LogP contribution in [0.2, 0.25) is 0 Å². The summed E-state index contributed by atoms with van der Waals surface area (Å²) in [6.45, 7) is 26.1. The third-order valence-corrected chi connectivity index (χ3v) is 18.4. The largest absolute Gasteiger partial charge is 0.494 e. The van der Waals surface area contributed by atoms with Gasteiger partial charge < -0.3 is 42.6 Å². The van der Waals surface area contributed by atoms with Crippen molar-refractivity contribution >= 4 is 54.0 Å². The predicted octanol–water partition coefficient (Wildman–Crippen LogP) is 23.0. The minimum atomic E-state index is -0.522. The average molecular weight is 1440 g/mol. The van der Waals surface area contributed by atoms with Crippen molar-refractivity contribution < 1.29 is 71.4 Å². The Bertz CT molecular complexity index is 2720. The molecule has 0 aliphatic carbocycles. The lowest BCUT2D eigenvalue weighted by Gasteiger charge is -2.20. The van der Waals surface area contributed by atoms with E-state index in [0.29, 0.717) is 19.3 Å². The van der Waals surface area contributed by atoms with E-state index in [1.54, 1.807) is 18.2 Å². The van der Waals surface area contributed by atoms with Crippen molar-refractivity contribution in [2.75, 3.05) is 59.5 Å². The molecule has 0 aliphatic heterocycles. The van der Waals surface area contributed by atoms with Gasteiger partial charge in [-0.2, -0.15) is 0 Å². The maximum atomic E-state index is 11.9. The predicted molar refractivity (Wildman–Crippen MR) is 421 cm³/mol. The van der Waals surface area contributed by atoms with E-state index in [-0.39, 0.29) is 57.5 Å². The number of esters is 6. The highest BCUT2D eigenvalue weighted by Gasteiger charge is 2.29. The molecule has 0 amide bonds. The van der Waals surface area contributed by atoms with Gasteiger partial charge in [0.05, 0.1) is 36.1 Å². The second-order valence-electron chi connectivity index (χ2n) is 28.8. The van der Waals surface area contributed by atoms with Gasteiger partial charge in [0.25, 0.3) is 0 Å². The number of unbranched alkanes of at least 4 members (excludes halogenated alkanes) is 28. The molecule has 582 valence electrons. The van der Waals surface area contributed by atoms with Crippen molar-refractivity contribution in [1.29, 1.82) is 0 Å². The van der Waals surface area contributed by atoms with E-state index in [4.69, 9.17) is 42.6 Å². The summed E-state index contributed by atoms with van der Waals surface area (Å²) in [4.78, 5) is 71.1. The molecule has 15 nitrogen and oxygen atoms in total. The fraction of sp³-hybridized carbons (Fsp3) is 0.659. The zero-order chi connectivity index (χ0) is 75.9. The van der Waals surface area contributed by atoms with E-state index in [2.05, 4.69) is 20.8 Å². The molecule has 0 spiro atoms. The number of rotatable bonds is 58. The van der Waals surface area contributed by atoms with Crippen LogP contribution in [-0.4, -0.2) is 95.3 Å². The Morgan fingerprint density at radius 3 is 0.631 bits per heavy atom. The van der Waals surface area contributed by atoms with E-state index in [9.17, 15) is 28.8 Å². The summed E-state index contributed by atoms with van der Waals surface area (Å²) in [7, 11) is 0. The smallest absolute Gasteiger partial charge is 0.330 e. The third-order valence-electron chi connectivity index (χ3n) is 18.4. The van der Waals surface area contributed by atoms with Crippen molar-refractivity contribution in [3.05, 3.63) is 108 Å². The van der Waals surface area contributed by atoms with E-state index in [1.165, 1.54) is 198 Å². The summed E-state index contributed by atoms with van der Waals surface area (Å²) in [6, 6.07) is 22.9. The van der Waals surface area contributed by atoms with Gasteiger partial charge >= 0.3 is 35.8 Å². The van der Waals surface area contributed by atoms with Crippen molar-refractivity contribution in [2.45, 2.75) is 301 Å². The summed E-state index contributed by atoms with van der Waals surface area (Å²) >= 11 is 0. The van der Waals surface area contributed by atoms with Gasteiger partial charge in [0.1, 0.15) is 56.9 Å². The van der Waals surface area contributed by atoms with Gasteiger partial charge in [0.15, 0.2) is 0 Å². The molecule has 3 rings (SSSR count). The van der Waals surface area contributed by atoms with Crippen LogP contribution in [0.25, 0.3) is 18.2 Å². The average Bonchev–Trinajstić information content (AvgIpc) is 1.07. The monoisotopic (exact) mass is 1440 g/mol. The molecule has 0 bridgehead atoms. The standard InChI is InChI=1S/C35H58O5.C27H42O5.C26H40O5/c1-5-7-8-9-10-11-12-13-14-15-16-17-18-19-20-21-28-38-32-25-22-31(23-26-32)24-27-33(36)39-29-30-40-34(37)35(3,4)6-2;1-5-7-8-9-10-11-12-13-20-30-24-17-14-23(15-18-24)16-19-25(28)31-21-22-32-26(29)27(3,4)6-2;1-5-7-8-9-10-11-12-19-29-23-16-13-22(14-17-23)15-18-24(27)30-20-21-31-25(28)26(3,4)6-2/h22-27H,5-21,28-30H2,1-4H3;14-19H,5-13,20-22H2,1-4H3;13-18H,5-12,19-21H2,1-4H3/b27-24+;19-16+;18-15+. The third kappa shape index (κ3) is 51.8. The molecule has 0 saturated carbocycles. The van der Waals surface area contributed by atoms with Gasteiger partial charge in [-0.1, -0.05) is 258 Å². The molecule has 0 radical (unpaired) electrons. The molecule has 0 heterocycles. The molecule has 3 aromatic rings. The second kappa shape index (κ2) is 61.4. The lowest BCUT2D eigenvalue weighted by molar-refractivity contribution is -0.158. The van der Waals surface area contributed by atoms with Crippen LogP contribution in [0, 0.1) is 16.2 Å². The van der Waals surface area contributed by atoms with Crippen LogP contribution >= 0.6 is 0 Å². The molecular formula is C88H140O15. The fourth-order valence-corrected chi connectivity index (χ4v) is 10.0. The topological polar surface area (TPSA) is 185 Å². The normalized spacial score (nSPS) is 11.5. The summed E-state index contributed by atoms with van der Waals surface area (Å²) < 4.78 is 48.1. The Labute approximate surface area is 624 Å². The first-order valence-electron chi connectivity index (χ1n) is 39.9. The number of carbonyl (C=O) groups excluding carboxylic acids is 6. The number of hydrogen-bond acceptors (Lipinski definition) is 15. The molecule has 0 fully saturated rings. The Morgan fingerprint density at radius 2 is 0.437 bits per heavy atom. The first-order valence-corrected chi connectivity index (χ1v) is 39.9. The van der Waals surface area contributed by atoms with Crippen LogP contribution in [0.4, 0.5) is 0 Å². The minimum Gasteiger partial charge on any atom is -0.494 e. The van der Waals surface area contributed by atoms with Gasteiger partial charge in [0, 0.05) is 18.2 Å². The van der Waals surface area contributed by atoms with Crippen LogP contribution in [0.15, 0.2) is 91.0 Å². The Kier molecular flexibility index (Phi) is 56.1. The van der Waals surface area contributed by atoms with Gasteiger partial charge in [-0.15, -0.1) is 0 Å².